The lowest BCUT2D eigenvalue weighted by Crippen LogP contribution is -2.37. The van der Waals surface area contributed by atoms with Crippen LogP contribution in [0.15, 0.2) is 53.4 Å². The number of carbonyl (C=O) groups is 1. The van der Waals surface area contributed by atoms with Gasteiger partial charge in [-0.25, -0.2) is 0 Å². The van der Waals surface area contributed by atoms with E-state index in [1.165, 1.54) is 10.5 Å². The van der Waals surface area contributed by atoms with E-state index >= 15 is 0 Å². The average Bonchev–Trinajstić information content (AvgIpc) is 2.60. The van der Waals surface area contributed by atoms with Gasteiger partial charge in [-0.1, -0.05) is 49.7 Å². The van der Waals surface area contributed by atoms with Gasteiger partial charge in [0.15, 0.2) is 6.10 Å². The molecular formula is C21H27NO2S. The molecule has 0 aliphatic rings. The molecule has 1 N–H and O–H groups in total. The van der Waals surface area contributed by atoms with E-state index in [-0.39, 0.29) is 5.91 Å². The Morgan fingerprint density at radius 2 is 1.76 bits per heavy atom. The van der Waals surface area contributed by atoms with E-state index in [9.17, 15) is 4.79 Å². The highest BCUT2D eigenvalue weighted by Gasteiger charge is 2.16. The number of amides is 1. The topological polar surface area (TPSA) is 38.3 Å². The quantitative estimate of drug-likeness (QED) is 0.545. The van der Waals surface area contributed by atoms with E-state index < -0.39 is 6.10 Å². The minimum Gasteiger partial charge on any atom is -0.481 e. The highest BCUT2D eigenvalue weighted by molar-refractivity contribution is 7.99. The fraction of sp³-hybridized carbons (Fsp3) is 0.381. The van der Waals surface area contributed by atoms with Crippen molar-refractivity contribution in [1.29, 1.82) is 0 Å². The molecule has 4 heteroatoms. The Labute approximate surface area is 155 Å². The number of para-hydroxylation sites is 1. The normalized spacial score (nSPS) is 12.0. The van der Waals surface area contributed by atoms with Crippen LogP contribution in [0, 0.1) is 6.92 Å². The molecule has 25 heavy (non-hydrogen) atoms. The Bertz CT molecular complexity index is 683. The van der Waals surface area contributed by atoms with E-state index in [0.29, 0.717) is 12.5 Å². The minimum atomic E-state index is -0.510. The molecule has 0 aliphatic carbocycles. The number of hydrogen-bond acceptors (Lipinski definition) is 3. The number of thioether (sulfide) groups is 1. The third-order valence-electron chi connectivity index (χ3n) is 3.90. The number of carbonyl (C=O) groups excluding carboxylic acids is 1. The molecule has 0 aromatic heterocycles. The van der Waals surface area contributed by atoms with E-state index in [1.54, 1.807) is 18.7 Å². The van der Waals surface area contributed by atoms with Crippen molar-refractivity contribution in [2.45, 2.75) is 44.6 Å². The molecule has 0 spiro atoms. The van der Waals surface area contributed by atoms with Gasteiger partial charge in [-0.2, -0.15) is 0 Å². The monoisotopic (exact) mass is 357 g/mol. The molecule has 1 amide bonds. The second-order valence-electron chi connectivity index (χ2n) is 6.41. The van der Waals surface area contributed by atoms with E-state index in [0.717, 1.165) is 17.1 Å². The van der Waals surface area contributed by atoms with Gasteiger partial charge in [0.25, 0.3) is 5.91 Å². The van der Waals surface area contributed by atoms with Crippen molar-refractivity contribution in [1.82, 2.24) is 5.32 Å². The zero-order valence-corrected chi connectivity index (χ0v) is 16.2. The van der Waals surface area contributed by atoms with Crippen LogP contribution in [0.3, 0.4) is 0 Å². The molecule has 1 atom stereocenters. The van der Waals surface area contributed by atoms with E-state index in [4.69, 9.17) is 4.74 Å². The maximum atomic E-state index is 12.2. The Balaban J connectivity index is 1.78. The largest absolute Gasteiger partial charge is 0.481 e. The molecular weight excluding hydrogens is 330 g/mol. The van der Waals surface area contributed by atoms with Crippen LogP contribution in [0.5, 0.6) is 5.75 Å². The summed E-state index contributed by atoms with van der Waals surface area (Å²) in [5, 5.41) is 2.95. The summed E-state index contributed by atoms with van der Waals surface area (Å²) in [4.78, 5) is 13.5. The van der Waals surface area contributed by atoms with Gasteiger partial charge in [-0.15, -0.1) is 11.8 Å². The summed E-state index contributed by atoms with van der Waals surface area (Å²) in [6, 6.07) is 16.3. The van der Waals surface area contributed by atoms with Crippen molar-refractivity contribution in [3.63, 3.8) is 0 Å². The molecule has 0 bridgehead atoms. The summed E-state index contributed by atoms with van der Waals surface area (Å²) in [5.74, 6) is 1.90. The predicted molar refractivity (Wildman–Crippen MR) is 106 cm³/mol. The molecule has 0 saturated heterocycles. The first-order chi connectivity index (χ1) is 12.0. The van der Waals surface area contributed by atoms with Crippen LogP contribution in [-0.2, 0) is 4.79 Å². The first kappa shape index (κ1) is 19.4. The molecule has 0 fully saturated rings. The summed E-state index contributed by atoms with van der Waals surface area (Å²) < 4.78 is 5.88. The van der Waals surface area contributed by atoms with Crippen molar-refractivity contribution >= 4 is 17.7 Å². The SMILES string of the molecule is Cc1ccc(SCCNC(=O)[C@H](C)Oc2ccccc2C(C)C)cc1. The Hall–Kier alpha value is -1.94. The summed E-state index contributed by atoms with van der Waals surface area (Å²) in [6.07, 6.45) is -0.510. The van der Waals surface area contributed by atoms with Crippen LogP contribution in [-0.4, -0.2) is 24.3 Å². The summed E-state index contributed by atoms with van der Waals surface area (Å²) >= 11 is 1.74. The standard InChI is InChI=1S/C21H27NO2S/c1-15(2)19-7-5-6-8-20(19)24-17(4)21(23)22-13-14-25-18-11-9-16(3)10-12-18/h5-12,15,17H,13-14H2,1-4H3,(H,22,23)/t17-/m0/s1. The molecule has 0 saturated carbocycles. The number of nitrogens with one attached hydrogen (secondary N) is 1. The van der Waals surface area contributed by atoms with E-state index in [1.807, 2.05) is 24.3 Å². The van der Waals surface area contributed by atoms with Crippen LogP contribution >= 0.6 is 11.8 Å². The number of benzene rings is 2. The van der Waals surface area contributed by atoms with E-state index in [2.05, 4.69) is 50.4 Å². The summed E-state index contributed by atoms with van der Waals surface area (Å²) in [7, 11) is 0. The zero-order valence-electron chi connectivity index (χ0n) is 15.4. The maximum absolute atomic E-state index is 12.2. The van der Waals surface area contributed by atoms with Gasteiger partial charge in [0, 0.05) is 17.2 Å². The van der Waals surface area contributed by atoms with Crippen LogP contribution in [0.2, 0.25) is 0 Å². The molecule has 3 nitrogen and oxygen atoms in total. The molecule has 2 aromatic rings. The smallest absolute Gasteiger partial charge is 0.260 e. The average molecular weight is 358 g/mol. The third kappa shape index (κ3) is 6.13. The number of hydrogen-bond donors (Lipinski definition) is 1. The molecule has 2 rings (SSSR count). The molecule has 2 aromatic carbocycles. The zero-order chi connectivity index (χ0) is 18.2. The molecule has 0 aliphatic heterocycles. The van der Waals surface area contributed by atoms with Crippen molar-refractivity contribution < 1.29 is 9.53 Å². The van der Waals surface area contributed by atoms with Crippen molar-refractivity contribution in [2.24, 2.45) is 0 Å². The molecule has 0 unspecified atom stereocenters. The first-order valence-electron chi connectivity index (χ1n) is 8.70. The van der Waals surface area contributed by atoms with Gasteiger partial charge in [0.1, 0.15) is 5.75 Å². The second-order valence-corrected chi connectivity index (χ2v) is 7.57. The lowest BCUT2D eigenvalue weighted by atomic mass is 10.0. The molecule has 134 valence electrons. The highest BCUT2D eigenvalue weighted by Crippen LogP contribution is 2.26. The highest BCUT2D eigenvalue weighted by atomic mass is 32.2. The first-order valence-corrected chi connectivity index (χ1v) is 9.68. The Morgan fingerprint density at radius 3 is 2.44 bits per heavy atom. The van der Waals surface area contributed by atoms with Gasteiger partial charge < -0.3 is 10.1 Å². The third-order valence-corrected chi connectivity index (χ3v) is 4.92. The summed E-state index contributed by atoms with van der Waals surface area (Å²) in [5.41, 5.74) is 2.38. The van der Waals surface area contributed by atoms with Gasteiger partial charge >= 0.3 is 0 Å². The van der Waals surface area contributed by atoms with Crippen LogP contribution in [0.1, 0.15) is 37.8 Å². The van der Waals surface area contributed by atoms with Crippen LogP contribution < -0.4 is 10.1 Å². The van der Waals surface area contributed by atoms with Gasteiger partial charge in [0.05, 0.1) is 0 Å². The summed E-state index contributed by atoms with van der Waals surface area (Å²) in [6.45, 7) is 8.73. The fourth-order valence-electron chi connectivity index (χ4n) is 2.43. The van der Waals surface area contributed by atoms with Gasteiger partial charge in [-0.3, -0.25) is 4.79 Å². The minimum absolute atomic E-state index is 0.0805. The van der Waals surface area contributed by atoms with Gasteiger partial charge in [0.2, 0.25) is 0 Å². The molecule has 0 radical (unpaired) electrons. The van der Waals surface area contributed by atoms with Crippen molar-refractivity contribution in [3.05, 3.63) is 59.7 Å². The molecule has 0 heterocycles. The predicted octanol–water partition coefficient (Wildman–Crippen LogP) is 4.79. The number of ether oxygens (including phenoxy) is 1. The van der Waals surface area contributed by atoms with Crippen molar-refractivity contribution in [3.8, 4) is 5.75 Å². The van der Waals surface area contributed by atoms with Crippen LogP contribution in [0.25, 0.3) is 0 Å². The lowest BCUT2D eigenvalue weighted by Gasteiger charge is -2.18. The lowest BCUT2D eigenvalue weighted by molar-refractivity contribution is -0.127. The number of rotatable bonds is 8. The van der Waals surface area contributed by atoms with Crippen molar-refractivity contribution in [2.75, 3.05) is 12.3 Å². The Kier molecular flexibility index (Phi) is 7.38. The number of aryl methyl sites for hydroxylation is 1. The Morgan fingerprint density at radius 1 is 1.08 bits per heavy atom. The maximum Gasteiger partial charge on any atom is 0.260 e. The van der Waals surface area contributed by atoms with Gasteiger partial charge in [-0.05, 0) is 43.5 Å². The second kappa shape index (κ2) is 9.52. The fourth-order valence-corrected chi connectivity index (χ4v) is 3.20. The van der Waals surface area contributed by atoms with Crippen LogP contribution in [0.4, 0.5) is 0 Å².